The molecule has 1 aromatic rings. The Labute approximate surface area is 109 Å². The number of aliphatic carboxylic acids is 1. The van der Waals surface area contributed by atoms with E-state index in [-0.39, 0.29) is 6.42 Å². The van der Waals surface area contributed by atoms with Crippen molar-refractivity contribution in [2.24, 2.45) is 5.92 Å². The monoisotopic (exact) mass is 249 g/mol. The van der Waals surface area contributed by atoms with E-state index in [9.17, 15) is 4.79 Å². The Bertz CT molecular complexity index is 401. The van der Waals surface area contributed by atoms with Crippen LogP contribution in [0.4, 0.5) is 5.69 Å². The van der Waals surface area contributed by atoms with Crippen LogP contribution < -0.4 is 4.90 Å². The fourth-order valence-electron chi connectivity index (χ4n) is 2.01. The summed E-state index contributed by atoms with van der Waals surface area (Å²) in [7, 11) is 0. The van der Waals surface area contributed by atoms with Gasteiger partial charge in [-0.2, -0.15) is 0 Å². The lowest BCUT2D eigenvalue weighted by Gasteiger charge is -2.34. The molecule has 1 aromatic carbocycles. The lowest BCUT2D eigenvalue weighted by Crippen LogP contribution is -2.38. The van der Waals surface area contributed by atoms with Gasteiger partial charge in [0, 0.05) is 18.3 Å². The maximum atomic E-state index is 10.8. The van der Waals surface area contributed by atoms with Gasteiger partial charge < -0.3 is 10.0 Å². The molecule has 0 aliphatic heterocycles. The van der Waals surface area contributed by atoms with E-state index in [0.717, 1.165) is 5.69 Å². The summed E-state index contributed by atoms with van der Waals surface area (Å²) >= 11 is 0. The zero-order chi connectivity index (χ0) is 13.7. The second-order valence-electron chi connectivity index (χ2n) is 5.11. The number of carbonyl (C=O) groups is 1. The second-order valence-corrected chi connectivity index (χ2v) is 5.11. The van der Waals surface area contributed by atoms with Gasteiger partial charge in [0.25, 0.3) is 0 Å². The van der Waals surface area contributed by atoms with Crippen molar-refractivity contribution >= 4 is 11.7 Å². The first kappa shape index (κ1) is 14.6. The first-order valence-corrected chi connectivity index (χ1v) is 6.47. The molecular formula is C15H23NO2. The summed E-state index contributed by atoms with van der Waals surface area (Å²) in [6.45, 7) is 9.10. The highest BCUT2D eigenvalue weighted by Crippen LogP contribution is 2.24. The van der Waals surface area contributed by atoms with Gasteiger partial charge in [-0.15, -0.1) is 0 Å². The molecular weight excluding hydrogens is 226 g/mol. The number of hydrogen-bond acceptors (Lipinski definition) is 2. The average Bonchev–Trinajstić information content (AvgIpc) is 2.30. The molecule has 100 valence electrons. The minimum absolute atomic E-state index is 0.172. The molecule has 0 aliphatic carbocycles. The molecule has 3 heteroatoms. The molecule has 0 bridgehead atoms. The lowest BCUT2D eigenvalue weighted by molar-refractivity contribution is -0.136. The minimum atomic E-state index is -0.746. The van der Waals surface area contributed by atoms with E-state index in [4.69, 9.17) is 5.11 Å². The second kappa shape index (κ2) is 6.43. The number of rotatable bonds is 6. The van der Waals surface area contributed by atoms with Crippen molar-refractivity contribution in [3.63, 3.8) is 0 Å². The SMILES string of the molecule is Cc1ccccc1N(CCC(=O)O)C(C)C(C)C. The Morgan fingerprint density at radius 1 is 1.28 bits per heavy atom. The van der Waals surface area contributed by atoms with Crippen molar-refractivity contribution in [2.45, 2.75) is 40.2 Å². The molecule has 1 N–H and O–H groups in total. The Hall–Kier alpha value is -1.51. The van der Waals surface area contributed by atoms with Gasteiger partial charge in [-0.25, -0.2) is 0 Å². The maximum Gasteiger partial charge on any atom is 0.305 e. The van der Waals surface area contributed by atoms with Gasteiger partial charge in [0.05, 0.1) is 6.42 Å². The minimum Gasteiger partial charge on any atom is -0.481 e. The normalized spacial score (nSPS) is 12.5. The van der Waals surface area contributed by atoms with Gasteiger partial charge in [-0.1, -0.05) is 32.0 Å². The topological polar surface area (TPSA) is 40.5 Å². The number of anilines is 1. The number of benzene rings is 1. The highest BCUT2D eigenvalue weighted by molar-refractivity contribution is 5.68. The van der Waals surface area contributed by atoms with Gasteiger partial charge >= 0.3 is 5.97 Å². The van der Waals surface area contributed by atoms with Crippen molar-refractivity contribution in [3.8, 4) is 0 Å². The van der Waals surface area contributed by atoms with Crippen LogP contribution in [0, 0.1) is 12.8 Å². The molecule has 1 rings (SSSR count). The summed E-state index contributed by atoms with van der Waals surface area (Å²) in [5.41, 5.74) is 2.33. The Balaban J connectivity index is 2.96. The molecule has 0 saturated heterocycles. The van der Waals surface area contributed by atoms with E-state index < -0.39 is 5.97 Å². The largest absolute Gasteiger partial charge is 0.481 e. The maximum absolute atomic E-state index is 10.8. The third kappa shape index (κ3) is 3.76. The van der Waals surface area contributed by atoms with Crippen LogP contribution in [0.5, 0.6) is 0 Å². The van der Waals surface area contributed by atoms with Crippen LogP contribution in [-0.4, -0.2) is 23.7 Å². The third-order valence-corrected chi connectivity index (χ3v) is 3.45. The molecule has 1 atom stereocenters. The zero-order valence-corrected chi connectivity index (χ0v) is 11.7. The first-order chi connectivity index (χ1) is 8.43. The van der Waals surface area contributed by atoms with Gasteiger partial charge in [-0.05, 0) is 31.4 Å². The van der Waals surface area contributed by atoms with E-state index in [0.29, 0.717) is 18.5 Å². The summed E-state index contributed by atoms with van der Waals surface area (Å²) in [5, 5.41) is 8.87. The molecule has 0 spiro atoms. The van der Waals surface area contributed by atoms with Crippen molar-refractivity contribution in [2.75, 3.05) is 11.4 Å². The summed E-state index contributed by atoms with van der Waals surface area (Å²) in [6.07, 6.45) is 0.172. The van der Waals surface area contributed by atoms with Crippen LogP contribution >= 0.6 is 0 Å². The first-order valence-electron chi connectivity index (χ1n) is 6.47. The van der Waals surface area contributed by atoms with Gasteiger partial charge in [0.15, 0.2) is 0 Å². The van der Waals surface area contributed by atoms with Gasteiger partial charge in [0.2, 0.25) is 0 Å². The molecule has 0 fully saturated rings. The Morgan fingerprint density at radius 2 is 1.89 bits per heavy atom. The lowest BCUT2D eigenvalue weighted by atomic mass is 10.0. The van der Waals surface area contributed by atoms with Crippen LogP contribution in [0.25, 0.3) is 0 Å². The van der Waals surface area contributed by atoms with Crippen LogP contribution in [0.2, 0.25) is 0 Å². The van der Waals surface area contributed by atoms with Crippen molar-refractivity contribution in [1.29, 1.82) is 0 Å². The predicted octanol–water partition coefficient (Wildman–Crippen LogP) is 3.32. The van der Waals surface area contributed by atoms with Crippen LogP contribution in [0.3, 0.4) is 0 Å². The third-order valence-electron chi connectivity index (χ3n) is 3.45. The molecule has 0 aromatic heterocycles. The van der Waals surface area contributed by atoms with E-state index in [1.807, 2.05) is 12.1 Å². The highest BCUT2D eigenvalue weighted by atomic mass is 16.4. The summed E-state index contributed by atoms with van der Waals surface area (Å²) < 4.78 is 0. The van der Waals surface area contributed by atoms with Crippen molar-refractivity contribution < 1.29 is 9.90 Å². The van der Waals surface area contributed by atoms with Crippen molar-refractivity contribution in [1.82, 2.24) is 0 Å². The summed E-state index contributed by atoms with van der Waals surface area (Å²) in [4.78, 5) is 13.0. The Kier molecular flexibility index (Phi) is 5.20. The van der Waals surface area contributed by atoms with Crippen molar-refractivity contribution in [3.05, 3.63) is 29.8 Å². The smallest absolute Gasteiger partial charge is 0.305 e. The molecule has 0 radical (unpaired) electrons. The molecule has 0 heterocycles. The zero-order valence-electron chi connectivity index (χ0n) is 11.7. The fourth-order valence-corrected chi connectivity index (χ4v) is 2.01. The molecule has 3 nitrogen and oxygen atoms in total. The number of hydrogen-bond donors (Lipinski definition) is 1. The molecule has 0 saturated carbocycles. The van der Waals surface area contributed by atoms with Crippen LogP contribution in [-0.2, 0) is 4.79 Å². The number of nitrogens with zero attached hydrogens (tertiary/aromatic N) is 1. The quantitative estimate of drug-likeness (QED) is 0.840. The standard InChI is InChI=1S/C15H23NO2/c1-11(2)13(4)16(10-9-15(17)18)14-8-6-5-7-12(14)3/h5-8,11,13H,9-10H2,1-4H3,(H,17,18). The molecule has 1 unspecified atom stereocenters. The van der Waals surface area contributed by atoms with E-state index >= 15 is 0 Å². The Morgan fingerprint density at radius 3 is 2.39 bits per heavy atom. The summed E-state index contributed by atoms with van der Waals surface area (Å²) in [5.74, 6) is -0.261. The van der Waals surface area contributed by atoms with Crippen LogP contribution in [0.15, 0.2) is 24.3 Å². The highest BCUT2D eigenvalue weighted by Gasteiger charge is 2.19. The molecule has 18 heavy (non-hydrogen) atoms. The predicted molar refractivity (Wildman–Crippen MR) is 75.1 cm³/mol. The molecule has 0 amide bonds. The number of carboxylic acids is 1. The average molecular weight is 249 g/mol. The fraction of sp³-hybridized carbons (Fsp3) is 0.533. The van der Waals surface area contributed by atoms with Crippen LogP contribution in [0.1, 0.15) is 32.8 Å². The van der Waals surface area contributed by atoms with E-state index in [1.54, 1.807) is 0 Å². The number of para-hydroxylation sites is 1. The molecule has 0 aliphatic rings. The van der Waals surface area contributed by atoms with Gasteiger partial charge in [0.1, 0.15) is 0 Å². The number of carboxylic acid groups (broad SMARTS) is 1. The van der Waals surface area contributed by atoms with Gasteiger partial charge in [-0.3, -0.25) is 4.79 Å². The summed E-state index contributed by atoms with van der Waals surface area (Å²) in [6, 6.07) is 8.47. The van der Waals surface area contributed by atoms with E-state index in [1.165, 1.54) is 5.56 Å². The number of aryl methyl sites for hydroxylation is 1. The van der Waals surface area contributed by atoms with E-state index in [2.05, 4.69) is 44.7 Å².